The van der Waals surface area contributed by atoms with Crippen molar-refractivity contribution in [3.63, 3.8) is 0 Å². The van der Waals surface area contributed by atoms with Crippen molar-refractivity contribution in [2.24, 2.45) is 5.92 Å². The lowest BCUT2D eigenvalue weighted by Gasteiger charge is -2.22. The molecule has 1 N–H and O–H groups in total. The normalized spacial score (nSPS) is 17.1. The van der Waals surface area contributed by atoms with Gasteiger partial charge in [0.15, 0.2) is 0 Å². The summed E-state index contributed by atoms with van der Waals surface area (Å²) in [5.74, 6) is 1.90. The van der Waals surface area contributed by atoms with Gasteiger partial charge in [-0.05, 0) is 49.9 Å². The minimum atomic E-state index is 0.445. The zero-order valence-corrected chi connectivity index (χ0v) is 14.9. The average molecular weight is 354 g/mol. The molecule has 1 saturated carbocycles. The highest BCUT2D eigenvalue weighted by Gasteiger charge is 2.19. The molecule has 0 aliphatic heterocycles. The summed E-state index contributed by atoms with van der Waals surface area (Å²) >= 11 is 3.72. The van der Waals surface area contributed by atoms with E-state index in [9.17, 15) is 0 Å². The van der Waals surface area contributed by atoms with Crippen LogP contribution in [0.1, 0.15) is 64.0 Å². The fraction of sp³-hybridized carbons (Fsp3) is 0.667. The highest BCUT2D eigenvalue weighted by atomic mass is 79.9. The second kappa shape index (κ2) is 8.79. The average Bonchev–Trinajstić information content (AvgIpc) is 2.98. The summed E-state index contributed by atoms with van der Waals surface area (Å²) in [6.07, 6.45) is 8.31. The molecule has 0 amide bonds. The van der Waals surface area contributed by atoms with Crippen molar-refractivity contribution in [3.05, 3.63) is 28.2 Å². The van der Waals surface area contributed by atoms with E-state index in [4.69, 9.17) is 4.74 Å². The first-order valence-electron chi connectivity index (χ1n) is 8.40. The summed E-state index contributed by atoms with van der Waals surface area (Å²) in [6.45, 7) is 5.93. The summed E-state index contributed by atoms with van der Waals surface area (Å²) in [7, 11) is 0. The van der Waals surface area contributed by atoms with Crippen LogP contribution in [0.4, 0.5) is 0 Å². The van der Waals surface area contributed by atoms with Crippen molar-refractivity contribution in [2.75, 3.05) is 13.2 Å². The molecule has 1 fully saturated rings. The molecule has 1 aromatic rings. The summed E-state index contributed by atoms with van der Waals surface area (Å²) in [6, 6.07) is 6.83. The lowest BCUT2D eigenvalue weighted by molar-refractivity contribution is 0.339. The molecule has 0 aromatic heterocycles. The molecule has 1 atom stereocenters. The third-order valence-electron chi connectivity index (χ3n) is 4.45. The topological polar surface area (TPSA) is 21.3 Å². The van der Waals surface area contributed by atoms with E-state index in [1.807, 2.05) is 6.92 Å². The van der Waals surface area contributed by atoms with Gasteiger partial charge in [-0.2, -0.15) is 0 Å². The van der Waals surface area contributed by atoms with Gasteiger partial charge < -0.3 is 10.1 Å². The lowest BCUT2D eigenvalue weighted by Crippen LogP contribution is -2.22. The maximum Gasteiger partial charge on any atom is 0.120 e. The van der Waals surface area contributed by atoms with E-state index in [0.29, 0.717) is 12.6 Å². The Balaban J connectivity index is 2.02. The molecular weight excluding hydrogens is 326 g/mol. The van der Waals surface area contributed by atoms with Crippen LogP contribution >= 0.6 is 15.9 Å². The Morgan fingerprint density at radius 1 is 1.29 bits per heavy atom. The van der Waals surface area contributed by atoms with Gasteiger partial charge in [-0.1, -0.05) is 54.6 Å². The Hall–Kier alpha value is -0.540. The molecule has 0 bridgehead atoms. The smallest absolute Gasteiger partial charge is 0.120 e. The maximum atomic E-state index is 5.57. The number of hydrogen-bond acceptors (Lipinski definition) is 2. The minimum absolute atomic E-state index is 0.445. The highest BCUT2D eigenvalue weighted by Crippen LogP contribution is 2.34. The lowest BCUT2D eigenvalue weighted by atomic mass is 9.94. The second-order valence-electron chi connectivity index (χ2n) is 5.95. The number of halogens is 1. The van der Waals surface area contributed by atoms with Crippen LogP contribution in [0.5, 0.6) is 5.75 Å². The van der Waals surface area contributed by atoms with Crippen LogP contribution in [-0.4, -0.2) is 13.2 Å². The van der Waals surface area contributed by atoms with Gasteiger partial charge in [0.05, 0.1) is 6.61 Å². The zero-order chi connectivity index (χ0) is 15.1. The predicted molar refractivity (Wildman–Crippen MR) is 92.9 cm³/mol. The molecule has 1 unspecified atom stereocenters. The number of benzene rings is 1. The first-order valence-corrected chi connectivity index (χ1v) is 9.19. The van der Waals surface area contributed by atoms with Crippen molar-refractivity contribution in [1.82, 2.24) is 5.32 Å². The molecule has 1 aromatic carbocycles. The molecule has 0 radical (unpaired) electrons. The van der Waals surface area contributed by atoms with Gasteiger partial charge in [0.2, 0.25) is 0 Å². The van der Waals surface area contributed by atoms with Crippen molar-refractivity contribution >= 4 is 15.9 Å². The minimum Gasteiger partial charge on any atom is -0.494 e. The Morgan fingerprint density at radius 3 is 2.67 bits per heavy atom. The van der Waals surface area contributed by atoms with Crippen LogP contribution < -0.4 is 10.1 Å². The highest BCUT2D eigenvalue weighted by molar-refractivity contribution is 9.10. The molecule has 1 aliphatic rings. The largest absolute Gasteiger partial charge is 0.494 e. The molecule has 0 saturated heterocycles. The Morgan fingerprint density at radius 2 is 2.05 bits per heavy atom. The van der Waals surface area contributed by atoms with E-state index < -0.39 is 0 Å². The van der Waals surface area contributed by atoms with Crippen molar-refractivity contribution < 1.29 is 4.74 Å². The zero-order valence-electron chi connectivity index (χ0n) is 13.3. The van der Waals surface area contributed by atoms with E-state index >= 15 is 0 Å². The molecule has 0 heterocycles. The standard InChI is InChI=1S/C18H28BrNO/c1-3-20-18(12-9-14-7-5-6-8-14)16-11-10-15(21-4-2)13-17(16)19/h10-11,13-14,18,20H,3-9,12H2,1-2H3. The third-order valence-corrected chi connectivity index (χ3v) is 5.13. The Bertz CT molecular complexity index is 429. The van der Waals surface area contributed by atoms with Gasteiger partial charge >= 0.3 is 0 Å². The fourth-order valence-electron chi connectivity index (χ4n) is 3.36. The molecular formula is C18H28BrNO. The Kier molecular flexibility index (Phi) is 7.05. The molecule has 21 heavy (non-hydrogen) atoms. The van der Waals surface area contributed by atoms with Gasteiger partial charge in [-0.25, -0.2) is 0 Å². The van der Waals surface area contributed by atoms with E-state index in [0.717, 1.165) is 22.7 Å². The van der Waals surface area contributed by atoms with Gasteiger partial charge in [0, 0.05) is 10.5 Å². The molecule has 2 nitrogen and oxygen atoms in total. The second-order valence-corrected chi connectivity index (χ2v) is 6.81. The molecule has 118 valence electrons. The van der Waals surface area contributed by atoms with E-state index in [1.165, 1.54) is 44.1 Å². The molecule has 3 heteroatoms. The van der Waals surface area contributed by atoms with E-state index in [-0.39, 0.29) is 0 Å². The summed E-state index contributed by atoms with van der Waals surface area (Å²) in [5.41, 5.74) is 1.36. The van der Waals surface area contributed by atoms with E-state index in [2.05, 4.69) is 46.4 Å². The van der Waals surface area contributed by atoms with Crippen molar-refractivity contribution in [3.8, 4) is 5.75 Å². The first kappa shape index (κ1) is 16.8. The van der Waals surface area contributed by atoms with Crippen molar-refractivity contribution in [2.45, 2.75) is 58.4 Å². The van der Waals surface area contributed by atoms with Gasteiger partial charge in [-0.15, -0.1) is 0 Å². The van der Waals surface area contributed by atoms with Crippen molar-refractivity contribution in [1.29, 1.82) is 0 Å². The van der Waals surface area contributed by atoms with E-state index in [1.54, 1.807) is 0 Å². The predicted octanol–water partition coefficient (Wildman–Crippen LogP) is 5.47. The van der Waals surface area contributed by atoms with Crippen LogP contribution in [0.25, 0.3) is 0 Å². The van der Waals surface area contributed by atoms with Crippen LogP contribution in [0.3, 0.4) is 0 Å². The van der Waals surface area contributed by atoms with Crippen LogP contribution in [0.15, 0.2) is 22.7 Å². The SMILES string of the molecule is CCNC(CCC1CCCC1)c1ccc(OCC)cc1Br. The number of rotatable bonds is 8. The van der Waals surface area contributed by atoms with Crippen LogP contribution in [0.2, 0.25) is 0 Å². The number of nitrogens with one attached hydrogen (secondary N) is 1. The summed E-state index contributed by atoms with van der Waals surface area (Å²) < 4.78 is 6.73. The maximum absolute atomic E-state index is 5.57. The third kappa shape index (κ3) is 5.00. The first-order chi connectivity index (χ1) is 10.2. The summed E-state index contributed by atoms with van der Waals surface area (Å²) in [5, 5.41) is 3.64. The molecule has 2 rings (SSSR count). The quantitative estimate of drug-likeness (QED) is 0.668. The van der Waals surface area contributed by atoms with Gasteiger partial charge in [-0.3, -0.25) is 0 Å². The number of ether oxygens (including phenoxy) is 1. The summed E-state index contributed by atoms with van der Waals surface area (Å²) in [4.78, 5) is 0. The fourth-order valence-corrected chi connectivity index (χ4v) is 4.00. The molecule has 1 aliphatic carbocycles. The number of hydrogen-bond donors (Lipinski definition) is 1. The monoisotopic (exact) mass is 353 g/mol. The van der Waals surface area contributed by atoms with Gasteiger partial charge in [0.25, 0.3) is 0 Å². The molecule has 0 spiro atoms. The van der Waals surface area contributed by atoms with Crippen LogP contribution in [0, 0.1) is 5.92 Å². The van der Waals surface area contributed by atoms with Crippen LogP contribution in [-0.2, 0) is 0 Å². The Labute approximate surface area is 137 Å². The van der Waals surface area contributed by atoms with Gasteiger partial charge in [0.1, 0.15) is 5.75 Å².